The smallest absolute Gasteiger partial charge is 0.282 e. The molecular weight excluding hydrogens is 249 g/mol. The topological polar surface area (TPSA) is 38.9 Å². The lowest BCUT2D eigenvalue weighted by atomic mass is 10.2. The predicted molar refractivity (Wildman–Crippen MR) is 46.2 cm³/mol. The van der Waals surface area contributed by atoms with Crippen molar-refractivity contribution in [2.75, 3.05) is 5.73 Å². The minimum atomic E-state index is -2.85. The van der Waals surface area contributed by atoms with Crippen LogP contribution in [-0.4, -0.2) is 4.98 Å². The molecule has 2 nitrogen and oxygen atoms in total. The van der Waals surface area contributed by atoms with Crippen LogP contribution in [0.1, 0.15) is 17.7 Å². The zero-order valence-corrected chi connectivity index (χ0v) is 7.98. The zero-order valence-electron chi connectivity index (χ0n) is 6.40. The van der Waals surface area contributed by atoms with E-state index in [1.54, 1.807) is 0 Å². The minimum Gasteiger partial charge on any atom is -0.397 e. The molecule has 0 radical (unpaired) electrons. The van der Waals surface area contributed by atoms with Crippen LogP contribution in [0.25, 0.3) is 0 Å². The molecule has 0 aliphatic rings. The molecule has 0 aliphatic heterocycles. The summed E-state index contributed by atoms with van der Waals surface area (Å²) in [5.41, 5.74) is 4.51. The molecule has 6 heteroatoms. The Kier molecular flexibility index (Phi) is 3.13. The van der Waals surface area contributed by atoms with Gasteiger partial charge in [0.1, 0.15) is 5.69 Å². The van der Waals surface area contributed by atoms with E-state index in [0.29, 0.717) is 0 Å². The molecule has 0 unspecified atom stereocenters. The SMILES string of the molecule is Nc1cc(CBr)c(F)nc1C(F)F. The summed E-state index contributed by atoms with van der Waals surface area (Å²) in [6.45, 7) is 0. The number of nitrogens with zero attached hydrogens (tertiary/aromatic N) is 1. The number of halogens is 4. The summed E-state index contributed by atoms with van der Waals surface area (Å²) in [5.74, 6) is -0.915. The molecule has 0 saturated carbocycles. The lowest BCUT2D eigenvalue weighted by Gasteiger charge is -2.05. The number of hydrogen-bond acceptors (Lipinski definition) is 2. The van der Waals surface area contributed by atoms with Crippen molar-refractivity contribution in [2.45, 2.75) is 11.8 Å². The van der Waals surface area contributed by atoms with E-state index < -0.39 is 18.1 Å². The average Bonchev–Trinajstić information content (AvgIpc) is 2.07. The summed E-state index contributed by atoms with van der Waals surface area (Å²) in [5, 5.41) is 0.194. The summed E-state index contributed by atoms with van der Waals surface area (Å²) in [7, 11) is 0. The van der Waals surface area contributed by atoms with Gasteiger partial charge in [-0.05, 0) is 6.07 Å². The molecule has 0 saturated heterocycles. The number of aromatic nitrogens is 1. The predicted octanol–water partition coefficient (Wildman–Crippen LogP) is 2.64. The molecule has 72 valence electrons. The van der Waals surface area contributed by atoms with Gasteiger partial charge in [0.25, 0.3) is 6.43 Å². The second-order valence-corrected chi connectivity index (χ2v) is 2.91. The number of nitrogen functional groups attached to an aromatic ring is 1. The van der Waals surface area contributed by atoms with Gasteiger partial charge in [-0.15, -0.1) is 0 Å². The molecule has 1 aromatic rings. The van der Waals surface area contributed by atoms with Crippen LogP contribution in [0.2, 0.25) is 0 Å². The molecule has 13 heavy (non-hydrogen) atoms. The summed E-state index contributed by atoms with van der Waals surface area (Å²) in [6, 6.07) is 1.15. The van der Waals surface area contributed by atoms with Gasteiger partial charge in [-0.2, -0.15) is 4.39 Å². The highest BCUT2D eigenvalue weighted by Crippen LogP contribution is 2.25. The molecule has 0 atom stereocenters. The van der Waals surface area contributed by atoms with Gasteiger partial charge in [-0.25, -0.2) is 13.8 Å². The quantitative estimate of drug-likeness (QED) is 0.651. The van der Waals surface area contributed by atoms with Crippen LogP contribution >= 0.6 is 15.9 Å². The van der Waals surface area contributed by atoms with E-state index >= 15 is 0 Å². The Morgan fingerprint density at radius 1 is 1.54 bits per heavy atom. The second kappa shape index (κ2) is 3.95. The van der Waals surface area contributed by atoms with Crippen molar-refractivity contribution in [1.29, 1.82) is 0 Å². The number of pyridine rings is 1. The molecule has 0 bridgehead atoms. The van der Waals surface area contributed by atoms with E-state index in [0.717, 1.165) is 6.07 Å². The monoisotopic (exact) mass is 254 g/mol. The Morgan fingerprint density at radius 2 is 2.15 bits per heavy atom. The Morgan fingerprint density at radius 3 is 2.62 bits per heavy atom. The number of alkyl halides is 3. The van der Waals surface area contributed by atoms with Gasteiger partial charge in [0.15, 0.2) is 0 Å². The lowest BCUT2D eigenvalue weighted by molar-refractivity contribution is 0.145. The highest BCUT2D eigenvalue weighted by atomic mass is 79.9. The number of rotatable bonds is 2. The van der Waals surface area contributed by atoms with Crippen LogP contribution in [0.3, 0.4) is 0 Å². The van der Waals surface area contributed by atoms with Crippen LogP contribution in [0.15, 0.2) is 6.07 Å². The summed E-state index contributed by atoms with van der Waals surface area (Å²) in [6.07, 6.45) is -2.85. The summed E-state index contributed by atoms with van der Waals surface area (Å²) < 4.78 is 37.1. The van der Waals surface area contributed by atoms with Crippen molar-refractivity contribution >= 4 is 21.6 Å². The van der Waals surface area contributed by atoms with Gasteiger partial charge in [0.2, 0.25) is 5.95 Å². The molecule has 1 rings (SSSR count). The first-order valence-electron chi connectivity index (χ1n) is 3.35. The van der Waals surface area contributed by atoms with Gasteiger partial charge in [0.05, 0.1) is 5.69 Å². The third kappa shape index (κ3) is 2.12. The van der Waals surface area contributed by atoms with Crippen molar-refractivity contribution in [3.8, 4) is 0 Å². The maximum atomic E-state index is 12.9. The molecule has 0 aliphatic carbocycles. The van der Waals surface area contributed by atoms with Crippen LogP contribution in [-0.2, 0) is 5.33 Å². The maximum Gasteiger partial charge on any atom is 0.282 e. The first kappa shape index (κ1) is 10.3. The van der Waals surface area contributed by atoms with E-state index in [2.05, 4.69) is 20.9 Å². The largest absolute Gasteiger partial charge is 0.397 e. The van der Waals surface area contributed by atoms with Gasteiger partial charge in [-0.3, -0.25) is 0 Å². The lowest BCUT2D eigenvalue weighted by Crippen LogP contribution is -2.03. The van der Waals surface area contributed by atoms with Crippen LogP contribution in [0, 0.1) is 5.95 Å². The normalized spacial score (nSPS) is 10.8. The zero-order chi connectivity index (χ0) is 10.0. The average molecular weight is 255 g/mol. The number of nitrogens with two attached hydrogens (primary N) is 1. The Bertz CT molecular complexity index is 317. The van der Waals surface area contributed by atoms with E-state index in [9.17, 15) is 13.2 Å². The van der Waals surface area contributed by atoms with E-state index in [-0.39, 0.29) is 16.6 Å². The maximum absolute atomic E-state index is 12.9. The van der Waals surface area contributed by atoms with Gasteiger partial charge < -0.3 is 5.73 Å². The Hall–Kier alpha value is -0.780. The summed E-state index contributed by atoms with van der Waals surface area (Å²) >= 11 is 2.98. The third-order valence-corrected chi connectivity index (χ3v) is 2.06. The van der Waals surface area contributed by atoms with E-state index in [1.807, 2.05) is 0 Å². The Balaban J connectivity index is 3.20. The molecule has 0 fully saturated rings. The highest BCUT2D eigenvalue weighted by molar-refractivity contribution is 9.08. The van der Waals surface area contributed by atoms with Crippen molar-refractivity contribution in [3.05, 3.63) is 23.3 Å². The first-order chi connectivity index (χ1) is 6.06. The molecular formula is C7H6BrF3N2. The third-order valence-electron chi connectivity index (χ3n) is 1.46. The number of anilines is 1. The first-order valence-corrected chi connectivity index (χ1v) is 4.47. The molecule has 1 heterocycles. The minimum absolute atomic E-state index is 0.168. The summed E-state index contributed by atoms with van der Waals surface area (Å²) in [4.78, 5) is 3.07. The highest BCUT2D eigenvalue weighted by Gasteiger charge is 2.16. The van der Waals surface area contributed by atoms with Crippen molar-refractivity contribution in [1.82, 2.24) is 4.98 Å². The fourth-order valence-corrected chi connectivity index (χ4v) is 1.23. The Labute approximate surface area is 81.1 Å². The van der Waals surface area contributed by atoms with E-state index in [4.69, 9.17) is 5.73 Å². The van der Waals surface area contributed by atoms with Gasteiger partial charge in [0, 0.05) is 10.9 Å². The van der Waals surface area contributed by atoms with Crippen molar-refractivity contribution in [2.24, 2.45) is 0 Å². The fourth-order valence-electron chi connectivity index (χ4n) is 0.832. The molecule has 0 aromatic carbocycles. The molecule has 0 amide bonds. The fraction of sp³-hybridized carbons (Fsp3) is 0.286. The van der Waals surface area contributed by atoms with Gasteiger partial charge in [-0.1, -0.05) is 15.9 Å². The van der Waals surface area contributed by atoms with Crippen LogP contribution < -0.4 is 5.73 Å². The van der Waals surface area contributed by atoms with Crippen LogP contribution in [0.4, 0.5) is 18.9 Å². The van der Waals surface area contributed by atoms with Crippen molar-refractivity contribution in [3.63, 3.8) is 0 Å². The van der Waals surface area contributed by atoms with Crippen LogP contribution in [0.5, 0.6) is 0 Å². The van der Waals surface area contributed by atoms with E-state index in [1.165, 1.54) is 0 Å². The standard InChI is InChI=1S/C7H6BrF3N2/c8-2-3-1-4(12)5(6(9)10)13-7(3)11/h1,6H,2,12H2. The van der Waals surface area contributed by atoms with Crippen molar-refractivity contribution < 1.29 is 13.2 Å². The van der Waals surface area contributed by atoms with Gasteiger partial charge >= 0.3 is 0 Å². The molecule has 0 spiro atoms. The molecule has 2 N–H and O–H groups in total. The molecule has 1 aromatic heterocycles. The number of hydrogen-bond donors (Lipinski definition) is 1. The second-order valence-electron chi connectivity index (χ2n) is 2.35.